The zero-order valence-electron chi connectivity index (χ0n) is 10.8. The summed E-state index contributed by atoms with van der Waals surface area (Å²) in [5, 5.41) is 2.87. The molecule has 1 unspecified atom stereocenters. The fourth-order valence-electron chi connectivity index (χ4n) is 2.37. The van der Waals surface area contributed by atoms with Gasteiger partial charge in [-0.3, -0.25) is 9.78 Å². The Morgan fingerprint density at radius 1 is 1.63 bits per heavy atom. The van der Waals surface area contributed by atoms with Crippen LogP contribution in [0.3, 0.4) is 0 Å². The number of rotatable bonds is 4. The molecule has 0 saturated carbocycles. The third-order valence-electron chi connectivity index (χ3n) is 3.33. The molecule has 0 spiro atoms. The first-order chi connectivity index (χ1) is 9.22. The lowest BCUT2D eigenvalue weighted by Gasteiger charge is -2.34. The van der Waals surface area contributed by atoms with Crippen LogP contribution < -0.4 is 16.0 Å². The molecule has 2 heterocycles. The molecule has 0 bridgehead atoms. The molecule has 3 N–H and O–H groups in total. The molecule has 104 valence electrons. The second kappa shape index (κ2) is 6.86. The average molecular weight is 327 g/mol. The molecule has 1 amide bonds. The number of anilines is 1. The van der Waals surface area contributed by atoms with Gasteiger partial charge >= 0.3 is 0 Å². The van der Waals surface area contributed by atoms with Gasteiger partial charge in [0.05, 0.1) is 16.1 Å². The number of hydrogen-bond donors (Lipinski definition) is 2. The van der Waals surface area contributed by atoms with E-state index >= 15 is 0 Å². The molecule has 19 heavy (non-hydrogen) atoms. The van der Waals surface area contributed by atoms with Crippen molar-refractivity contribution in [2.45, 2.75) is 12.8 Å². The Bertz CT molecular complexity index is 440. The highest BCUT2D eigenvalue weighted by atomic mass is 79.9. The van der Waals surface area contributed by atoms with Crippen LogP contribution in [0, 0.1) is 5.92 Å². The minimum Gasteiger partial charge on any atom is -0.370 e. The quantitative estimate of drug-likeness (QED) is 0.870. The average Bonchev–Trinajstić information content (AvgIpc) is 2.45. The van der Waals surface area contributed by atoms with Crippen LogP contribution in [0.1, 0.15) is 12.8 Å². The molecular formula is C13H19BrN4O. The number of aromatic nitrogens is 1. The van der Waals surface area contributed by atoms with Gasteiger partial charge in [-0.15, -0.1) is 0 Å². The molecule has 5 nitrogen and oxygen atoms in total. The topological polar surface area (TPSA) is 71.2 Å². The molecule has 2 rings (SSSR count). The van der Waals surface area contributed by atoms with Crippen molar-refractivity contribution in [3.63, 3.8) is 0 Å². The third kappa shape index (κ3) is 3.67. The Labute approximate surface area is 121 Å². The number of hydrogen-bond acceptors (Lipinski definition) is 4. The molecule has 1 aromatic heterocycles. The highest BCUT2D eigenvalue weighted by Crippen LogP contribution is 2.29. The van der Waals surface area contributed by atoms with Gasteiger partial charge in [0.2, 0.25) is 5.91 Å². The van der Waals surface area contributed by atoms with Crippen LogP contribution in [0.5, 0.6) is 0 Å². The van der Waals surface area contributed by atoms with E-state index in [9.17, 15) is 4.79 Å². The van der Waals surface area contributed by atoms with Crippen molar-refractivity contribution in [2.75, 3.05) is 31.1 Å². The molecule has 1 saturated heterocycles. The number of nitrogens with two attached hydrogens (primary N) is 1. The number of carbonyl (C=O) groups excluding carboxylic acids is 1. The van der Waals surface area contributed by atoms with E-state index < -0.39 is 0 Å². The monoisotopic (exact) mass is 326 g/mol. The third-order valence-corrected chi connectivity index (χ3v) is 3.94. The van der Waals surface area contributed by atoms with Crippen LogP contribution in [-0.2, 0) is 4.79 Å². The maximum atomic E-state index is 12.0. The summed E-state index contributed by atoms with van der Waals surface area (Å²) in [4.78, 5) is 18.3. The molecule has 1 fully saturated rings. The molecule has 0 aromatic carbocycles. The second-order valence-corrected chi connectivity index (χ2v) is 5.55. The van der Waals surface area contributed by atoms with E-state index in [0.29, 0.717) is 13.1 Å². The van der Waals surface area contributed by atoms with E-state index in [1.807, 2.05) is 6.07 Å². The van der Waals surface area contributed by atoms with Gasteiger partial charge in [-0.2, -0.15) is 0 Å². The first kappa shape index (κ1) is 14.3. The summed E-state index contributed by atoms with van der Waals surface area (Å²) in [6.45, 7) is 2.76. The number of nitrogens with one attached hydrogen (secondary N) is 1. The fourth-order valence-corrected chi connectivity index (χ4v) is 2.88. The summed E-state index contributed by atoms with van der Waals surface area (Å²) in [6, 6.07) is 1.98. The Morgan fingerprint density at radius 2 is 2.47 bits per heavy atom. The summed E-state index contributed by atoms with van der Waals surface area (Å²) in [7, 11) is 0. The molecule has 1 aliphatic rings. The Kier molecular flexibility index (Phi) is 5.15. The van der Waals surface area contributed by atoms with Gasteiger partial charge in [0.1, 0.15) is 0 Å². The zero-order chi connectivity index (χ0) is 13.7. The summed E-state index contributed by atoms with van der Waals surface area (Å²) < 4.78 is 0.970. The number of halogens is 1. The minimum absolute atomic E-state index is 0.0420. The molecular weight excluding hydrogens is 308 g/mol. The van der Waals surface area contributed by atoms with Crippen LogP contribution in [0.15, 0.2) is 22.9 Å². The summed E-state index contributed by atoms with van der Waals surface area (Å²) >= 11 is 3.51. The van der Waals surface area contributed by atoms with Gasteiger partial charge in [-0.1, -0.05) is 0 Å². The van der Waals surface area contributed by atoms with Crippen LogP contribution in [0.25, 0.3) is 0 Å². The second-order valence-electron chi connectivity index (χ2n) is 4.69. The van der Waals surface area contributed by atoms with Crippen molar-refractivity contribution < 1.29 is 4.79 Å². The lowest BCUT2D eigenvalue weighted by atomic mass is 9.96. The molecule has 0 radical (unpaired) electrons. The normalized spacial score (nSPS) is 19.3. The van der Waals surface area contributed by atoms with E-state index in [4.69, 9.17) is 5.73 Å². The number of pyridine rings is 1. The molecule has 0 aliphatic carbocycles. The van der Waals surface area contributed by atoms with Gasteiger partial charge < -0.3 is 16.0 Å². The molecule has 1 atom stereocenters. The summed E-state index contributed by atoms with van der Waals surface area (Å²) in [5.74, 6) is 0.153. The highest BCUT2D eigenvalue weighted by Gasteiger charge is 2.26. The van der Waals surface area contributed by atoms with Crippen molar-refractivity contribution in [3.8, 4) is 0 Å². The maximum Gasteiger partial charge on any atom is 0.224 e. The van der Waals surface area contributed by atoms with Crippen LogP contribution >= 0.6 is 15.9 Å². The molecule has 6 heteroatoms. The summed E-state index contributed by atoms with van der Waals surface area (Å²) in [6.07, 6.45) is 5.52. The van der Waals surface area contributed by atoms with Crippen molar-refractivity contribution in [2.24, 2.45) is 11.7 Å². The van der Waals surface area contributed by atoms with Crippen molar-refractivity contribution in [1.82, 2.24) is 10.3 Å². The Hall–Kier alpha value is -1.14. The number of amides is 1. The van der Waals surface area contributed by atoms with Crippen LogP contribution in [-0.4, -0.2) is 37.1 Å². The predicted octanol–water partition coefficient (Wildman–Crippen LogP) is 1.14. The van der Waals surface area contributed by atoms with Crippen molar-refractivity contribution in [3.05, 3.63) is 22.9 Å². The van der Waals surface area contributed by atoms with Gasteiger partial charge in [0.15, 0.2) is 0 Å². The van der Waals surface area contributed by atoms with Gasteiger partial charge in [-0.25, -0.2) is 0 Å². The van der Waals surface area contributed by atoms with Crippen molar-refractivity contribution in [1.29, 1.82) is 0 Å². The predicted molar refractivity (Wildman–Crippen MR) is 78.9 cm³/mol. The number of nitrogens with zero attached hydrogens (tertiary/aromatic N) is 2. The maximum absolute atomic E-state index is 12.0. The smallest absolute Gasteiger partial charge is 0.224 e. The minimum atomic E-state index is 0.0420. The number of piperidine rings is 1. The van der Waals surface area contributed by atoms with Gasteiger partial charge in [-0.05, 0) is 34.8 Å². The Balaban J connectivity index is 2.01. The van der Waals surface area contributed by atoms with Crippen molar-refractivity contribution >= 4 is 27.5 Å². The van der Waals surface area contributed by atoms with Gasteiger partial charge in [0, 0.05) is 38.6 Å². The van der Waals surface area contributed by atoms with E-state index in [-0.39, 0.29) is 11.8 Å². The molecule has 1 aliphatic heterocycles. The largest absolute Gasteiger partial charge is 0.370 e. The summed E-state index contributed by atoms with van der Waals surface area (Å²) in [5.41, 5.74) is 6.51. The van der Waals surface area contributed by atoms with Crippen LogP contribution in [0.4, 0.5) is 5.69 Å². The van der Waals surface area contributed by atoms with Crippen LogP contribution in [0.2, 0.25) is 0 Å². The fraction of sp³-hybridized carbons (Fsp3) is 0.538. The zero-order valence-corrected chi connectivity index (χ0v) is 12.4. The van der Waals surface area contributed by atoms with E-state index in [1.54, 1.807) is 12.4 Å². The van der Waals surface area contributed by atoms with E-state index in [1.165, 1.54) is 0 Å². The number of carbonyl (C=O) groups is 1. The Morgan fingerprint density at radius 3 is 3.21 bits per heavy atom. The highest BCUT2D eigenvalue weighted by molar-refractivity contribution is 9.10. The lowest BCUT2D eigenvalue weighted by molar-refractivity contribution is -0.125. The van der Waals surface area contributed by atoms with E-state index in [0.717, 1.165) is 36.1 Å². The van der Waals surface area contributed by atoms with E-state index in [2.05, 4.69) is 31.1 Å². The lowest BCUT2D eigenvalue weighted by Crippen LogP contribution is -2.44. The first-order valence-corrected chi connectivity index (χ1v) is 7.34. The SMILES string of the molecule is NCCNC(=O)C1CCCN(c2ccncc2Br)C1. The molecule has 1 aromatic rings. The standard InChI is InChI=1S/C13H19BrN4O/c14-11-8-16-5-3-12(11)18-7-1-2-10(9-18)13(19)17-6-4-15/h3,5,8,10H,1-2,4,6-7,9,15H2,(H,17,19). The van der Waals surface area contributed by atoms with Gasteiger partial charge in [0.25, 0.3) is 0 Å². The first-order valence-electron chi connectivity index (χ1n) is 6.54.